The van der Waals surface area contributed by atoms with Crippen molar-refractivity contribution < 1.29 is 9.47 Å². The number of para-hydroxylation sites is 1. The summed E-state index contributed by atoms with van der Waals surface area (Å²) in [6.07, 6.45) is 0.616. The predicted octanol–water partition coefficient (Wildman–Crippen LogP) is 5.00. The molecule has 2 unspecified atom stereocenters. The summed E-state index contributed by atoms with van der Waals surface area (Å²) in [4.78, 5) is 0. The maximum absolute atomic E-state index is 6.40. The molecule has 3 aromatic rings. The first kappa shape index (κ1) is 15.5. The zero-order valence-electron chi connectivity index (χ0n) is 14.3. The number of nitrogens with zero attached hydrogens (tertiary/aromatic N) is 2. The zero-order valence-corrected chi connectivity index (χ0v) is 15.1. The highest BCUT2D eigenvalue weighted by atomic mass is 32.1. The minimum atomic E-state index is -0.240. The second-order valence-electron chi connectivity index (χ2n) is 6.42. The average Bonchev–Trinajstić information content (AvgIpc) is 3.37. The standard InChI is InChI=1S/C21H18N2O2S/c1-24-19-9-5-8-16-18-12-17(14-6-3-2-4-7-14)22-23(18)21(25-20(16)19)15-10-11-26-13-15/h2-11,13,18,21H,12H2,1H3. The summed E-state index contributed by atoms with van der Waals surface area (Å²) in [5.41, 5.74) is 4.51. The molecule has 5 rings (SSSR count). The lowest BCUT2D eigenvalue weighted by Crippen LogP contribution is -2.33. The van der Waals surface area contributed by atoms with Gasteiger partial charge in [-0.1, -0.05) is 42.5 Å². The van der Waals surface area contributed by atoms with Crippen LogP contribution in [0.3, 0.4) is 0 Å². The second-order valence-corrected chi connectivity index (χ2v) is 7.20. The minimum Gasteiger partial charge on any atom is -0.493 e. The van der Waals surface area contributed by atoms with Gasteiger partial charge in [-0.2, -0.15) is 16.4 Å². The van der Waals surface area contributed by atoms with Crippen LogP contribution in [0.4, 0.5) is 0 Å². The number of ether oxygens (including phenoxy) is 2. The number of rotatable bonds is 3. The van der Waals surface area contributed by atoms with Crippen molar-refractivity contribution in [2.24, 2.45) is 5.10 Å². The smallest absolute Gasteiger partial charge is 0.214 e. The Labute approximate surface area is 156 Å². The molecule has 2 aliphatic heterocycles. The molecule has 0 spiro atoms. The molecule has 4 nitrogen and oxygen atoms in total. The topological polar surface area (TPSA) is 34.1 Å². The Morgan fingerprint density at radius 3 is 2.77 bits per heavy atom. The highest BCUT2D eigenvalue weighted by molar-refractivity contribution is 7.07. The van der Waals surface area contributed by atoms with Crippen LogP contribution < -0.4 is 9.47 Å². The number of benzene rings is 2. The fourth-order valence-corrected chi connectivity index (χ4v) is 4.35. The van der Waals surface area contributed by atoms with E-state index in [-0.39, 0.29) is 12.3 Å². The Morgan fingerprint density at radius 1 is 1.12 bits per heavy atom. The molecule has 2 aliphatic rings. The van der Waals surface area contributed by atoms with Gasteiger partial charge in [-0.05, 0) is 28.5 Å². The van der Waals surface area contributed by atoms with Gasteiger partial charge in [-0.25, -0.2) is 5.01 Å². The third-order valence-electron chi connectivity index (χ3n) is 4.94. The van der Waals surface area contributed by atoms with Crippen LogP contribution in [0.25, 0.3) is 0 Å². The average molecular weight is 362 g/mol. The molecular formula is C21H18N2O2S. The van der Waals surface area contributed by atoms with E-state index in [2.05, 4.69) is 52.2 Å². The van der Waals surface area contributed by atoms with Crippen LogP contribution in [0.5, 0.6) is 11.5 Å². The molecular weight excluding hydrogens is 344 g/mol. The molecule has 0 saturated heterocycles. The van der Waals surface area contributed by atoms with E-state index in [1.54, 1.807) is 18.4 Å². The quantitative estimate of drug-likeness (QED) is 0.658. The summed E-state index contributed by atoms with van der Waals surface area (Å²) in [6.45, 7) is 0. The van der Waals surface area contributed by atoms with Crippen molar-refractivity contribution in [3.63, 3.8) is 0 Å². The highest BCUT2D eigenvalue weighted by Crippen LogP contribution is 2.50. The van der Waals surface area contributed by atoms with Gasteiger partial charge in [0.2, 0.25) is 6.23 Å². The van der Waals surface area contributed by atoms with Gasteiger partial charge >= 0.3 is 0 Å². The summed E-state index contributed by atoms with van der Waals surface area (Å²) < 4.78 is 12.0. The zero-order chi connectivity index (χ0) is 17.5. The molecule has 5 heteroatoms. The van der Waals surface area contributed by atoms with Gasteiger partial charge in [0.15, 0.2) is 11.5 Å². The maximum Gasteiger partial charge on any atom is 0.214 e. The fraction of sp³-hybridized carbons (Fsp3) is 0.190. The Bertz CT molecular complexity index is 953. The van der Waals surface area contributed by atoms with E-state index in [1.165, 1.54) is 0 Å². The van der Waals surface area contributed by atoms with Gasteiger partial charge in [0.05, 0.1) is 18.9 Å². The molecule has 0 bridgehead atoms. The van der Waals surface area contributed by atoms with Crippen LogP contribution >= 0.6 is 11.3 Å². The van der Waals surface area contributed by atoms with Crippen molar-refractivity contribution in [3.05, 3.63) is 82.0 Å². The van der Waals surface area contributed by atoms with Crippen LogP contribution in [-0.2, 0) is 0 Å². The highest BCUT2D eigenvalue weighted by Gasteiger charge is 2.42. The number of hydrogen-bond acceptors (Lipinski definition) is 5. The molecule has 2 aromatic carbocycles. The van der Waals surface area contributed by atoms with Gasteiger partial charge in [-0.3, -0.25) is 0 Å². The van der Waals surface area contributed by atoms with E-state index in [0.717, 1.165) is 40.3 Å². The first-order valence-electron chi connectivity index (χ1n) is 8.62. The van der Waals surface area contributed by atoms with Gasteiger partial charge < -0.3 is 9.47 Å². The minimum absolute atomic E-state index is 0.147. The molecule has 0 radical (unpaired) electrons. The van der Waals surface area contributed by atoms with Crippen LogP contribution in [-0.4, -0.2) is 17.8 Å². The van der Waals surface area contributed by atoms with E-state index >= 15 is 0 Å². The molecule has 0 saturated carbocycles. The molecule has 3 heterocycles. The van der Waals surface area contributed by atoms with Gasteiger partial charge in [0, 0.05) is 17.5 Å². The van der Waals surface area contributed by atoms with E-state index in [0.29, 0.717) is 0 Å². The summed E-state index contributed by atoms with van der Waals surface area (Å²) in [6, 6.07) is 18.7. The van der Waals surface area contributed by atoms with Gasteiger partial charge in [0.1, 0.15) is 0 Å². The van der Waals surface area contributed by atoms with Crippen LogP contribution in [0.15, 0.2) is 70.5 Å². The lowest BCUT2D eigenvalue weighted by atomic mass is 9.96. The fourth-order valence-electron chi connectivity index (χ4n) is 3.69. The molecule has 0 aliphatic carbocycles. The number of methoxy groups -OCH3 is 1. The molecule has 0 fully saturated rings. The van der Waals surface area contributed by atoms with Crippen molar-refractivity contribution in [3.8, 4) is 11.5 Å². The Kier molecular flexibility index (Phi) is 3.68. The van der Waals surface area contributed by atoms with E-state index in [1.807, 2.05) is 18.2 Å². The third kappa shape index (κ3) is 2.39. The monoisotopic (exact) mass is 362 g/mol. The first-order chi connectivity index (χ1) is 12.8. The maximum atomic E-state index is 6.40. The Hall–Kier alpha value is -2.79. The van der Waals surface area contributed by atoms with Crippen molar-refractivity contribution in [1.82, 2.24) is 5.01 Å². The van der Waals surface area contributed by atoms with Crippen molar-refractivity contribution >= 4 is 17.0 Å². The first-order valence-corrected chi connectivity index (χ1v) is 9.56. The molecule has 26 heavy (non-hydrogen) atoms. The van der Waals surface area contributed by atoms with E-state index in [9.17, 15) is 0 Å². The molecule has 0 N–H and O–H groups in total. The lowest BCUT2D eigenvalue weighted by Gasteiger charge is -2.38. The Morgan fingerprint density at radius 2 is 2.00 bits per heavy atom. The number of fused-ring (bicyclic) bond motifs is 3. The SMILES string of the molecule is COc1cccc2c1OC(c1ccsc1)N1N=C(c3ccccc3)CC21. The summed E-state index contributed by atoms with van der Waals surface area (Å²) in [5.74, 6) is 1.60. The molecule has 0 amide bonds. The lowest BCUT2D eigenvalue weighted by molar-refractivity contribution is -0.0206. The number of thiophene rings is 1. The van der Waals surface area contributed by atoms with E-state index in [4.69, 9.17) is 14.6 Å². The summed E-state index contributed by atoms with van der Waals surface area (Å²) in [7, 11) is 1.69. The normalized spacial score (nSPS) is 20.8. The predicted molar refractivity (Wildman–Crippen MR) is 103 cm³/mol. The largest absolute Gasteiger partial charge is 0.493 e. The second kappa shape index (κ2) is 6.18. The van der Waals surface area contributed by atoms with Crippen molar-refractivity contribution in [2.75, 3.05) is 7.11 Å². The van der Waals surface area contributed by atoms with E-state index < -0.39 is 0 Å². The number of hydrazone groups is 1. The van der Waals surface area contributed by atoms with Gasteiger partial charge in [-0.15, -0.1) is 0 Å². The van der Waals surface area contributed by atoms with Crippen LogP contribution in [0.1, 0.15) is 35.4 Å². The Balaban J connectivity index is 1.62. The van der Waals surface area contributed by atoms with Crippen LogP contribution in [0.2, 0.25) is 0 Å². The van der Waals surface area contributed by atoms with Crippen molar-refractivity contribution in [1.29, 1.82) is 0 Å². The van der Waals surface area contributed by atoms with Crippen molar-refractivity contribution in [2.45, 2.75) is 18.7 Å². The molecule has 1 aromatic heterocycles. The number of hydrogen-bond donors (Lipinski definition) is 0. The molecule has 130 valence electrons. The third-order valence-corrected chi connectivity index (χ3v) is 5.64. The molecule has 2 atom stereocenters. The van der Waals surface area contributed by atoms with Gasteiger partial charge in [0.25, 0.3) is 0 Å². The summed E-state index contributed by atoms with van der Waals surface area (Å²) >= 11 is 1.67. The summed E-state index contributed by atoms with van der Waals surface area (Å²) in [5, 5.41) is 11.3. The van der Waals surface area contributed by atoms with Crippen LogP contribution in [0, 0.1) is 0 Å².